The number of amides is 3. The number of hydrogen-bond acceptors (Lipinski definition) is 3. The molecule has 1 aliphatic rings. The first-order chi connectivity index (χ1) is 10.1. The zero-order valence-corrected chi connectivity index (χ0v) is 12.7. The average molecular weight is 289 g/mol. The molecule has 1 aromatic carbocycles. The van der Waals surface area contributed by atoms with Crippen molar-refractivity contribution in [2.24, 2.45) is 0 Å². The second kappa shape index (κ2) is 7.22. The molecule has 2 rings (SSSR count). The first-order valence-electron chi connectivity index (χ1n) is 7.47. The molecule has 5 nitrogen and oxygen atoms in total. The smallest absolute Gasteiger partial charge is 0.321 e. The van der Waals surface area contributed by atoms with Gasteiger partial charge in [-0.3, -0.25) is 15.0 Å². The van der Waals surface area contributed by atoms with Crippen molar-refractivity contribution in [1.29, 1.82) is 0 Å². The first kappa shape index (κ1) is 15.5. The Morgan fingerprint density at radius 1 is 1.33 bits per heavy atom. The van der Waals surface area contributed by atoms with Crippen molar-refractivity contribution < 1.29 is 9.59 Å². The lowest BCUT2D eigenvalue weighted by atomic mass is 10.1. The highest BCUT2D eigenvalue weighted by atomic mass is 16.2. The SMILES string of the molecule is CCCNC(=O)NC(=O)CN(C)[C@@H]1CCc2ccccc21. The van der Waals surface area contributed by atoms with Crippen LogP contribution in [0.5, 0.6) is 0 Å². The summed E-state index contributed by atoms with van der Waals surface area (Å²) in [6.45, 7) is 2.76. The number of rotatable bonds is 5. The lowest BCUT2D eigenvalue weighted by Gasteiger charge is -2.24. The number of nitrogens with zero attached hydrogens (tertiary/aromatic N) is 1. The molecular formula is C16H23N3O2. The number of nitrogens with one attached hydrogen (secondary N) is 2. The zero-order valence-electron chi connectivity index (χ0n) is 12.7. The van der Waals surface area contributed by atoms with Crippen LogP contribution in [-0.4, -0.2) is 37.0 Å². The van der Waals surface area contributed by atoms with Gasteiger partial charge in [-0.25, -0.2) is 4.79 Å². The van der Waals surface area contributed by atoms with Gasteiger partial charge in [0.15, 0.2) is 0 Å². The van der Waals surface area contributed by atoms with E-state index in [1.165, 1.54) is 11.1 Å². The molecular weight excluding hydrogens is 266 g/mol. The molecule has 0 aliphatic heterocycles. The fourth-order valence-electron chi connectivity index (χ4n) is 2.78. The summed E-state index contributed by atoms with van der Waals surface area (Å²) >= 11 is 0. The fourth-order valence-corrected chi connectivity index (χ4v) is 2.78. The minimum atomic E-state index is -0.415. The topological polar surface area (TPSA) is 61.4 Å². The molecule has 0 fully saturated rings. The van der Waals surface area contributed by atoms with Gasteiger partial charge in [0.25, 0.3) is 0 Å². The average Bonchev–Trinajstić information content (AvgIpc) is 2.88. The highest BCUT2D eigenvalue weighted by molar-refractivity contribution is 5.95. The number of fused-ring (bicyclic) bond motifs is 1. The monoisotopic (exact) mass is 289 g/mol. The Kier molecular flexibility index (Phi) is 5.33. The molecule has 1 atom stereocenters. The predicted octanol–water partition coefficient (Wildman–Crippen LogP) is 1.84. The Morgan fingerprint density at radius 2 is 2.10 bits per heavy atom. The molecule has 1 aromatic rings. The second-order valence-electron chi connectivity index (χ2n) is 5.47. The summed E-state index contributed by atoms with van der Waals surface area (Å²) in [5.74, 6) is -0.268. The van der Waals surface area contributed by atoms with Gasteiger partial charge in [-0.1, -0.05) is 31.2 Å². The van der Waals surface area contributed by atoms with Crippen LogP contribution in [0.4, 0.5) is 4.79 Å². The number of carbonyl (C=O) groups excluding carboxylic acids is 2. The maximum atomic E-state index is 11.9. The minimum Gasteiger partial charge on any atom is -0.338 e. The Hall–Kier alpha value is -1.88. The Balaban J connectivity index is 1.86. The molecule has 1 aliphatic carbocycles. The Morgan fingerprint density at radius 3 is 2.86 bits per heavy atom. The molecule has 0 radical (unpaired) electrons. The molecule has 114 valence electrons. The van der Waals surface area contributed by atoms with Gasteiger partial charge in [0.05, 0.1) is 6.54 Å². The lowest BCUT2D eigenvalue weighted by molar-refractivity contribution is -0.121. The summed E-state index contributed by atoms with van der Waals surface area (Å²) in [7, 11) is 1.93. The largest absolute Gasteiger partial charge is 0.338 e. The number of aryl methyl sites for hydroxylation is 1. The zero-order chi connectivity index (χ0) is 15.2. The van der Waals surface area contributed by atoms with E-state index >= 15 is 0 Å². The molecule has 0 saturated heterocycles. The van der Waals surface area contributed by atoms with Gasteiger partial charge < -0.3 is 5.32 Å². The van der Waals surface area contributed by atoms with E-state index in [0.29, 0.717) is 6.54 Å². The van der Waals surface area contributed by atoms with Crippen LogP contribution in [0.2, 0.25) is 0 Å². The molecule has 0 saturated carbocycles. The minimum absolute atomic E-state index is 0.221. The molecule has 0 aromatic heterocycles. The van der Waals surface area contributed by atoms with E-state index < -0.39 is 6.03 Å². The van der Waals surface area contributed by atoms with Crippen molar-refractivity contribution >= 4 is 11.9 Å². The summed E-state index contributed by atoms with van der Waals surface area (Å²) < 4.78 is 0. The van der Waals surface area contributed by atoms with Crippen LogP contribution in [0.3, 0.4) is 0 Å². The van der Waals surface area contributed by atoms with Crippen molar-refractivity contribution in [3.63, 3.8) is 0 Å². The van der Waals surface area contributed by atoms with Crippen molar-refractivity contribution in [2.45, 2.75) is 32.2 Å². The molecule has 0 heterocycles. The number of carbonyl (C=O) groups is 2. The molecule has 2 N–H and O–H groups in total. The van der Waals surface area contributed by atoms with E-state index in [4.69, 9.17) is 0 Å². The number of imide groups is 1. The van der Waals surface area contributed by atoms with Gasteiger partial charge in [0.2, 0.25) is 5.91 Å². The molecule has 0 spiro atoms. The van der Waals surface area contributed by atoms with E-state index in [9.17, 15) is 9.59 Å². The molecule has 0 bridgehead atoms. The van der Waals surface area contributed by atoms with Crippen LogP contribution >= 0.6 is 0 Å². The van der Waals surface area contributed by atoms with Crippen LogP contribution in [0, 0.1) is 0 Å². The Bertz CT molecular complexity index is 516. The number of hydrogen-bond donors (Lipinski definition) is 2. The molecule has 3 amide bonds. The van der Waals surface area contributed by atoms with E-state index in [1.807, 2.05) is 31.0 Å². The third-order valence-electron chi connectivity index (χ3n) is 3.81. The van der Waals surface area contributed by atoms with Crippen LogP contribution in [0.15, 0.2) is 24.3 Å². The van der Waals surface area contributed by atoms with E-state index in [1.54, 1.807) is 0 Å². The summed E-state index contributed by atoms with van der Waals surface area (Å²) in [6.07, 6.45) is 2.91. The van der Waals surface area contributed by atoms with Crippen LogP contribution in [0.1, 0.15) is 36.9 Å². The molecule has 0 unspecified atom stereocenters. The van der Waals surface area contributed by atoms with Crippen molar-refractivity contribution in [1.82, 2.24) is 15.5 Å². The Labute approximate surface area is 125 Å². The number of urea groups is 1. The van der Waals surface area contributed by atoms with Gasteiger partial charge in [-0.15, -0.1) is 0 Å². The summed E-state index contributed by atoms with van der Waals surface area (Å²) in [5, 5.41) is 4.99. The third kappa shape index (κ3) is 4.04. The fraction of sp³-hybridized carbons (Fsp3) is 0.500. The van der Waals surface area contributed by atoms with Gasteiger partial charge in [0.1, 0.15) is 0 Å². The highest BCUT2D eigenvalue weighted by Crippen LogP contribution is 2.34. The maximum absolute atomic E-state index is 11.9. The normalized spacial score (nSPS) is 16.6. The summed E-state index contributed by atoms with van der Waals surface area (Å²) in [5.41, 5.74) is 2.65. The maximum Gasteiger partial charge on any atom is 0.321 e. The molecule has 21 heavy (non-hydrogen) atoms. The highest BCUT2D eigenvalue weighted by Gasteiger charge is 2.26. The van der Waals surface area contributed by atoms with Crippen LogP contribution in [0.25, 0.3) is 0 Å². The van der Waals surface area contributed by atoms with Gasteiger partial charge >= 0.3 is 6.03 Å². The van der Waals surface area contributed by atoms with Crippen LogP contribution in [-0.2, 0) is 11.2 Å². The van der Waals surface area contributed by atoms with Crippen LogP contribution < -0.4 is 10.6 Å². The first-order valence-corrected chi connectivity index (χ1v) is 7.47. The lowest BCUT2D eigenvalue weighted by Crippen LogP contribution is -2.44. The van der Waals surface area contributed by atoms with Gasteiger partial charge in [0, 0.05) is 12.6 Å². The van der Waals surface area contributed by atoms with Crippen molar-refractivity contribution in [3.8, 4) is 0 Å². The van der Waals surface area contributed by atoms with Gasteiger partial charge in [-0.2, -0.15) is 0 Å². The third-order valence-corrected chi connectivity index (χ3v) is 3.81. The quantitative estimate of drug-likeness (QED) is 0.869. The van der Waals surface area contributed by atoms with Crippen molar-refractivity contribution in [3.05, 3.63) is 35.4 Å². The second-order valence-corrected chi connectivity index (χ2v) is 5.47. The number of likely N-dealkylation sites (N-methyl/N-ethyl adjacent to an activating group) is 1. The van der Waals surface area contributed by atoms with E-state index in [2.05, 4.69) is 22.8 Å². The predicted molar refractivity (Wildman–Crippen MR) is 82.0 cm³/mol. The van der Waals surface area contributed by atoms with Gasteiger partial charge in [-0.05, 0) is 37.4 Å². The summed E-state index contributed by atoms with van der Waals surface area (Å²) in [6, 6.07) is 8.18. The van der Waals surface area contributed by atoms with Crippen molar-refractivity contribution in [2.75, 3.05) is 20.1 Å². The summed E-state index contributed by atoms with van der Waals surface area (Å²) in [4.78, 5) is 25.3. The standard InChI is InChI=1S/C16H23N3O2/c1-3-10-17-16(21)18-15(20)11-19(2)14-9-8-12-6-4-5-7-13(12)14/h4-7,14H,3,8-11H2,1-2H3,(H2,17,18,20,21)/t14-/m1/s1. The van der Waals surface area contributed by atoms with E-state index in [0.717, 1.165) is 19.3 Å². The van der Waals surface area contributed by atoms with E-state index in [-0.39, 0.29) is 18.5 Å². The molecule has 5 heteroatoms. The number of benzene rings is 1.